The van der Waals surface area contributed by atoms with Gasteiger partial charge in [-0.15, -0.1) is 0 Å². The van der Waals surface area contributed by atoms with E-state index in [1.807, 2.05) is 13.8 Å². The Bertz CT molecular complexity index is 669. The lowest BCUT2D eigenvalue weighted by atomic mass is 9.80. The summed E-state index contributed by atoms with van der Waals surface area (Å²) < 4.78 is 24.6. The second-order valence-electron chi connectivity index (χ2n) is 8.43. The highest BCUT2D eigenvalue weighted by Crippen LogP contribution is 2.33. The van der Waals surface area contributed by atoms with Crippen molar-refractivity contribution in [1.82, 2.24) is 0 Å². The molecule has 0 amide bonds. The predicted octanol–water partition coefficient (Wildman–Crippen LogP) is 5.13. The predicted molar refractivity (Wildman–Crippen MR) is 106 cm³/mol. The van der Waals surface area contributed by atoms with Gasteiger partial charge in [-0.05, 0) is 86.8 Å². The number of sulfone groups is 1. The molecule has 0 heterocycles. The van der Waals surface area contributed by atoms with Crippen molar-refractivity contribution in [3.63, 3.8) is 0 Å². The van der Waals surface area contributed by atoms with Gasteiger partial charge >= 0.3 is 0 Å². The summed E-state index contributed by atoms with van der Waals surface area (Å²) in [4.78, 5) is 0. The summed E-state index contributed by atoms with van der Waals surface area (Å²) >= 11 is 0. The summed E-state index contributed by atoms with van der Waals surface area (Å²) in [5.74, 6) is 1.60. The van der Waals surface area contributed by atoms with Gasteiger partial charge in [0, 0.05) is 0 Å². The first-order valence-corrected chi connectivity index (χ1v) is 12.0. The van der Waals surface area contributed by atoms with Gasteiger partial charge in [0.15, 0.2) is 9.84 Å². The summed E-state index contributed by atoms with van der Waals surface area (Å²) in [6, 6.07) is 7.11. The SMILES string of the molecule is CCC(C)S(=O)(=O)CC1CCC(CCc2ccc3c(c2)CCC3)CC1. The van der Waals surface area contributed by atoms with Crippen LogP contribution in [0.2, 0.25) is 0 Å². The zero-order chi connectivity index (χ0) is 17.9. The Morgan fingerprint density at radius 2 is 1.72 bits per heavy atom. The average molecular weight is 363 g/mol. The van der Waals surface area contributed by atoms with Crippen LogP contribution in [0.4, 0.5) is 0 Å². The van der Waals surface area contributed by atoms with E-state index in [1.165, 1.54) is 50.5 Å². The third-order valence-corrected chi connectivity index (χ3v) is 9.12. The summed E-state index contributed by atoms with van der Waals surface area (Å²) in [6.07, 6.45) is 11.7. The number of rotatable bonds is 7. The number of aryl methyl sites for hydroxylation is 3. The maximum Gasteiger partial charge on any atom is 0.153 e. The molecular formula is C22H34O2S. The smallest absolute Gasteiger partial charge is 0.153 e. The van der Waals surface area contributed by atoms with Crippen LogP contribution in [0, 0.1) is 11.8 Å². The molecule has 0 aliphatic heterocycles. The zero-order valence-electron chi connectivity index (χ0n) is 16.0. The topological polar surface area (TPSA) is 34.1 Å². The Morgan fingerprint density at radius 3 is 2.44 bits per heavy atom. The van der Waals surface area contributed by atoms with Crippen LogP contribution in [0.1, 0.15) is 75.5 Å². The molecule has 1 aromatic carbocycles. The molecule has 140 valence electrons. The van der Waals surface area contributed by atoms with Crippen LogP contribution in [0.15, 0.2) is 18.2 Å². The fourth-order valence-corrected chi connectivity index (χ4v) is 6.41. The van der Waals surface area contributed by atoms with Crippen LogP contribution in [-0.4, -0.2) is 19.4 Å². The number of hydrogen-bond acceptors (Lipinski definition) is 2. The van der Waals surface area contributed by atoms with Gasteiger partial charge in [0.05, 0.1) is 11.0 Å². The quantitative estimate of drug-likeness (QED) is 0.674. The molecule has 1 unspecified atom stereocenters. The minimum Gasteiger partial charge on any atom is -0.229 e. The molecule has 0 bridgehead atoms. The van der Waals surface area contributed by atoms with E-state index in [9.17, 15) is 8.42 Å². The fourth-order valence-electron chi connectivity index (χ4n) is 4.59. The van der Waals surface area contributed by atoms with Crippen molar-refractivity contribution in [2.24, 2.45) is 11.8 Å². The monoisotopic (exact) mass is 362 g/mol. The van der Waals surface area contributed by atoms with Gasteiger partial charge in [-0.2, -0.15) is 0 Å². The largest absolute Gasteiger partial charge is 0.229 e. The van der Waals surface area contributed by atoms with Gasteiger partial charge in [-0.1, -0.05) is 38.0 Å². The van der Waals surface area contributed by atoms with Crippen molar-refractivity contribution >= 4 is 9.84 Å². The van der Waals surface area contributed by atoms with Crippen molar-refractivity contribution in [2.75, 3.05) is 5.75 Å². The fraction of sp³-hybridized carbons (Fsp3) is 0.727. The molecule has 1 aromatic rings. The minimum atomic E-state index is -2.89. The molecule has 2 nitrogen and oxygen atoms in total. The van der Waals surface area contributed by atoms with E-state index in [0.29, 0.717) is 11.7 Å². The maximum atomic E-state index is 12.3. The number of hydrogen-bond donors (Lipinski definition) is 0. The molecule has 2 aliphatic carbocycles. The van der Waals surface area contributed by atoms with E-state index in [0.717, 1.165) is 25.2 Å². The Balaban J connectivity index is 1.44. The molecule has 0 spiro atoms. The lowest BCUT2D eigenvalue weighted by Gasteiger charge is -2.29. The minimum absolute atomic E-state index is 0.176. The third kappa shape index (κ3) is 4.87. The Kier molecular flexibility index (Phi) is 6.25. The van der Waals surface area contributed by atoms with Crippen molar-refractivity contribution in [2.45, 2.75) is 83.3 Å². The van der Waals surface area contributed by atoms with Crippen LogP contribution < -0.4 is 0 Å². The van der Waals surface area contributed by atoms with Gasteiger partial charge in [0.2, 0.25) is 0 Å². The second-order valence-corrected chi connectivity index (χ2v) is 10.9. The summed E-state index contributed by atoms with van der Waals surface area (Å²) in [5, 5.41) is -0.176. The van der Waals surface area contributed by atoms with E-state index in [2.05, 4.69) is 18.2 Å². The van der Waals surface area contributed by atoms with Crippen molar-refractivity contribution < 1.29 is 8.42 Å². The molecule has 0 saturated heterocycles. The first kappa shape index (κ1) is 18.9. The summed E-state index contributed by atoms with van der Waals surface area (Å²) in [7, 11) is -2.89. The molecule has 2 aliphatic rings. The van der Waals surface area contributed by atoms with Gasteiger partial charge in [0.1, 0.15) is 0 Å². The van der Waals surface area contributed by atoms with E-state index < -0.39 is 9.84 Å². The first-order valence-electron chi connectivity index (χ1n) is 10.3. The lowest BCUT2D eigenvalue weighted by Crippen LogP contribution is -2.27. The summed E-state index contributed by atoms with van der Waals surface area (Å²) in [6.45, 7) is 3.83. The van der Waals surface area contributed by atoms with E-state index in [-0.39, 0.29) is 5.25 Å². The summed E-state index contributed by atoms with van der Waals surface area (Å²) in [5.41, 5.74) is 4.64. The molecule has 3 rings (SSSR count). The highest BCUT2D eigenvalue weighted by Gasteiger charge is 2.28. The van der Waals surface area contributed by atoms with E-state index >= 15 is 0 Å². The maximum absolute atomic E-state index is 12.3. The van der Waals surface area contributed by atoms with Crippen molar-refractivity contribution in [3.8, 4) is 0 Å². The molecule has 0 N–H and O–H groups in total. The molecule has 25 heavy (non-hydrogen) atoms. The van der Waals surface area contributed by atoms with Crippen LogP contribution in [-0.2, 0) is 29.1 Å². The molecular weight excluding hydrogens is 328 g/mol. The van der Waals surface area contributed by atoms with Crippen LogP contribution in [0.5, 0.6) is 0 Å². The third-order valence-electron chi connectivity index (χ3n) is 6.63. The number of benzene rings is 1. The van der Waals surface area contributed by atoms with Gasteiger partial charge in [-0.25, -0.2) is 8.42 Å². The van der Waals surface area contributed by atoms with Gasteiger partial charge in [-0.3, -0.25) is 0 Å². The molecule has 0 aromatic heterocycles. The molecule has 1 fully saturated rings. The molecule has 0 radical (unpaired) electrons. The van der Waals surface area contributed by atoms with Crippen LogP contribution in [0.25, 0.3) is 0 Å². The van der Waals surface area contributed by atoms with Crippen molar-refractivity contribution in [1.29, 1.82) is 0 Å². The first-order chi connectivity index (χ1) is 12.0. The second kappa shape index (κ2) is 8.24. The highest BCUT2D eigenvalue weighted by atomic mass is 32.2. The van der Waals surface area contributed by atoms with Gasteiger partial charge in [0.25, 0.3) is 0 Å². The van der Waals surface area contributed by atoms with Crippen molar-refractivity contribution in [3.05, 3.63) is 34.9 Å². The lowest BCUT2D eigenvalue weighted by molar-refractivity contribution is 0.278. The molecule has 1 saturated carbocycles. The van der Waals surface area contributed by atoms with E-state index in [4.69, 9.17) is 0 Å². The molecule has 3 heteroatoms. The van der Waals surface area contributed by atoms with E-state index in [1.54, 1.807) is 11.1 Å². The Hall–Kier alpha value is -0.830. The molecule has 1 atom stereocenters. The normalized spacial score (nSPS) is 24.9. The number of fused-ring (bicyclic) bond motifs is 1. The highest BCUT2D eigenvalue weighted by molar-refractivity contribution is 7.92. The van der Waals surface area contributed by atoms with Gasteiger partial charge < -0.3 is 0 Å². The zero-order valence-corrected chi connectivity index (χ0v) is 16.8. The Labute approximate surface area is 154 Å². The van der Waals surface area contributed by atoms with Crippen LogP contribution in [0.3, 0.4) is 0 Å². The average Bonchev–Trinajstić information content (AvgIpc) is 3.07. The van der Waals surface area contributed by atoms with Crippen LogP contribution >= 0.6 is 0 Å². The standard InChI is InChI=1S/C22H34O2S/c1-3-17(2)25(23,24)16-20-11-8-18(9-12-20)7-10-19-13-14-21-5-4-6-22(21)15-19/h13-15,17-18,20H,3-12,16H2,1-2H3. The Morgan fingerprint density at radius 1 is 1.04 bits per heavy atom.